The molecule has 0 aliphatic carbocycles. The van der Waals surface area contributed by atoms with E-state index in [2.05, 4.69) is 9.97 Å². The Labute approximate surface area is 145 Å². The summed E-state index contributed by atoms with van der Waals surface area (Å²) in [5.41, 5.74) is -0.117. The number of halogens is 3. The largest absolute Gasteiger partial charge is 0.465 e. The summed E-state index contributed by atoms with van der Waals surface area (Å²) in [4.78, 5) is 30.3. The van der Waals surface area contributed by atoms with Gasteiger partial charge in [0.15, 0.2) is 5.65 Å². The average Bonchev–Trinajstić information content (AvgIpc) is 2.89. The van der Waals surface area contributed by atoms with Crippen LogP contribution in [0.25, 0.3) is 22.3 Å². The van der Waals surface area contributed by atoms with Crippen LogP contribution in [-0.4, -0.2) is 27.1 Å². The highest BCUT2D eigenvalue weighted by atomic mass is 19.4. The number of imidazole rings is 1. The number of nitrogens with zero attached hydrogens (tertiary/aromatic N) is 2. The maximum absolute atomic E-state index is 12.9. The number of benzene rings is 1. The number of ether oxygens (including phenoxy) is 1. The van der Waals surface area contributed by atoms with Crippen LogP contribution in [0.5, 0.6) is 0 Å². The summed E-state index contributed by atoms with van der Waals surface area (Å²) in [6, 6.07) is 6.30. The molecule has 136 valence electrons. The quantitative estimate of drug-likeness (QED) is 0.721. The van der Waals surface area contributed by atoms with Gasteiger partial charge in [0, 0.05) is 11.8 Å². The lowest BCUT2D eigenvalue weighted by Crippen LogP contribution is -2.23. The van der Waals surface area contributed by atoms with Crippen molar-refractivity contribution in [3.05, 3.63) is 52.6 Å². The van der Waals surface area contributed by atoms with Crippen LogP contribution in [0.1, 0.15) is 12.5 Å². The molecule has 0 saturated heterocycles. The number of pyridine rings is 1. The fourth-order valence-corrected chi connectivity index (χ4v) is 2.56. The molecule has 0 aliphatic rings. The van der Waals surface area contributed by atoms with Crippen LogP contribution in [0.3, 0.4) is 0 Å². The minimum atomic E-state index is -4.46. The molecule has 9 heteroatoms. The molecule has 0 spiro atoms. The number of aromatic nitrogens is 3. The number of hydrogen-bond acceptors (Lipinski definition) is 4. The Morgan fingerprint density at radius 3 is 2.73 bits per heavy atom. The van der Waals surface area contributed by atoms with Gasteiger partial charge in [-0.3, -0.25) is 14.3 Å². The number of aromatic amines is 1. The molecule has 0 radical (unpaired) electrons. The minimum absolute atomic E-state index is 0.170. The summed E-state index contributed by atoms with van der Waals surface area (Å²) in [7, 11) is 0. The van der Waals surface area contributed by atoms with Crippen molar-refractivity contribution in [1.82, 2.24) is 14.5 Å². The Bertz CT molecular complexity index is 1020. The summed E-state index contributed by atoms with van der Waals surface area (Å²) in [5, 5.41) is 0. The van der Waals surface area contributed by atoms with Crippen molar-refractivity contribution >= 4 is 17.1 Å². The smallest absolute Gasteiger partial charge is 0.416 e. The molecule has 1 aromatic carbocycles. The van der Waals surface area contributed by atoms with Crippen molar-refractivity contribution in [3.8, 4) is 11.1 Å². The predicted octanol–water partition coefficient (Wildman–Crippen LogP) is 2.97. The van der Waals surface area contributed by atoms with Gasteiger partial charge in [-0.2, -0.15) is 13.2 Å². The third-order valence-electron chi connectivity index (χ3n) is 3.74. The van der Waals surface area contributed by atoms with E-state index in [4.69, 9.17) is 4.74 Å². The third kappa shape index (κ3) is 3.46. The lowest BCUT2D eigenvalue weighted by molar-refractivity contribution is -0.143. The molecule has 2 aromatic heterocycles. The molecule has 0 atom stereocenters. The summed E-state index contributed by atoms with van der Waals surface area (Å²) in [5.74, 6) is -0.597. The number of esters is 1. The Balaban J connectivity index is 2.07. The SMILES string of the molecule is CCOC(=O)Cn1c(=O)[nH]c2ncc(-c3cccc(C(F)(F)F)c3)cc21. The number of hydrogen-bond donors (Lipinski definition) is 1. The second-order valence-corrected chi connectivity index (χ2v) is 5.49. The number of rotatable bonds is 4. The third-order valence-corrected chi connectivity index (χ3v) is 3.74. The first-order valence-electron chi connectivity index (χ1n) is 7.71. The Morgan fingerprint density at radius 2 is 2.04 bits per heavy atom. The van der Waals surface area contributed by atoms with E-state index in [1.165, 1.54) is 24.4 Å². The van der Waals surface area contributed by atoms with E-state index in [1.54, 1.807) is 6.92 Å². The van der Waals surface area contributed by atoms with Gasteiger partial charge >= 0.3 is 17.8 Å². The highest BCUT2D eigenvalue weighted by Crippen LogP contribution is 2.32. The minimum Gasteiger partial charge on any atom is -0.465 e. The van der Waals surface area contributed by atoms with Gasteiger partial charge in [-0.25, -0.2) is 9.78 Å². The first kappa shape index (κ1) is 17.7. The van der Waals surface area contributed by atoms with Crippen molar-refractivity contribution < 1.29 is 22.7 Å². The topological polar surface area (TPSA) is 77.0 Å². The number of carbonyl (C=O) groups is 1. The first-order chi connectivity index (χ1) is 12.3. The van der Waals surface area contributed by atoms with Crippen LogP contribution in [-0.2, 0) is 22.3 Å². The lowest BCUT2D eigenvalue weighted by Gasteiger charge is -2.09. The van der Waals surface area contributed by atoms with Crippen LogP contribution in [0, 0.1) is 0 Å². The molecule has 26 heavy (non-hydrogen) atoms. The molecule has 0 saturated carbocycles. The number of fused-ring (bicyclic) bond motifs is 1. The Hall–Kier alpha value is -3.10. The normalized spacial score (nSPS) is 11.7. The summed E-state index contributed by atoms with van der Waals surface area (Å²) in [6.07, 6.45) is -3.10. The van der Waals surface area contributed by atoms with Crippen LogP contribution in [0.4, 0.5) is 13.2 Å². The summed E-state index contributed by atoms with van der Waals surface area (Å²) < 4.78 is 44.7. The number of carbonyl (C=O) groups excluding carboxylic acids is 1. The number of nitrogens with one attached hydrogen (secondary N) is 1. The average molecular weight is 365 g/mol. The second kappa shape index (κ2) is 6.66. The van der Waals surface area contributed by atoms with Gasteiger partial charge in [0.2, 0.25) is 0 Å². The Kier molecular flexibility index (Phi) is 4.54. The maximum Gasteiger partial charge on any atom is 0.416 e. The summed E-state index contributed by atoms with van der Waals surface area (Å²) >= 11 is 0. The molecule has 3 aromatic rings. The second-order valence-electron chi connectivity index (χ2n) is 5.49. The number of H-pyrrole nitrogens is 1. The number of alkyl halides is 3. The highest BCUT2D eigenvalue weighted by molar-refractivity contribution is 5.80. The van der Waals surface area contributed by atoms with Gasteiger partial charge in [-0.1, -0.05) is 12.1 Å². The van der Waals surface area contributed by atoms with Crippen LogP contribution < -0.4 is 5.69 Å². The zero-order valence-corrected chi connectivity index (χ0v) is 13.6. The van der Waals surface area contributed by atoms with Crippen molar-refractivity contribution in [1.29, 1.82) is 0 Å². The van der Waals surface area contributed by atoms with E-state index in [1.807, 2.05) is 0 Å². The predicted molar refractivity (Wildman–Crippen MR) is 87.4 cm³/mol. The van der Waals surface area contributed by atoms with E-state index < -0.39 is 23.4 Å². The zero-order chi connectivity index (χ0) is 18.9. The molecule has 0 bridgehead atoms. The van der Waals surface area contributed by atoms with Crippen molar-refractivity contribution in [2.24, 2.45) is 0 Å². The molecule has 0 aliphatic heterocycles. The monoisotopic (exact) mass is 365 g/mol. The standard InChI is InChI=1S/C17H14F3N3O3/c1-2-26-14(24)9-23-13-7-11(8-21-15(13)22-16(23)25)10-4-3-5-12(6-10)17(18,19)20/h3-8H,2,9H2,1H3,(H,21,22,25). The van der Waals surface area contributed by atoms with Crippen molar-refractivity contribution in [3.63, 3.8) is 0 Å². The van der Waals surface area contributed by atoms with Gasteiger partial charge in [0.1, 0.15) is 6.54 Å². The Morgan fingerprint density at radius 1 is 1.27 bits per heavy atom. The van der Waals surface area contributed by atoms with Gasteiger partial charge in [0.25, 0.3) is 0 Å². The molecule has 6 nitrogen and oxygen atoms in total. The zero-order valence-electron chi connectivity index (χ0n) is 13.6. The molecule has 2 heterocycles. The summed E-state index contributed by atoms with van der Waals surface area (Å²) in [6.45, 7) is 1.49. The van der Waals surface area contributed by atoms with E-state index in [0.29, 0.717) is 16.6 Å². The van der Waals surface area contributed by atoms with E-state index >= 15 is 0 Å². The van der Waals surface area contributed by atoms with Gasteiger partial charge in [-0.05, 0) is 30.7 Å². The van der Waals surface area contributed by atoms with Gasteiger partial charge < -0.3 is 4.74 Å². The first-order valence-corrected chi connectivity index (χ1v) is 7.71. The van der Waals surface area contributed by atoms with E-state index in [0.717, 1.165) is 16.7 Å². The van der Waals surface area contributed by atoms with E-state index in [9.17, 15) is 22.8 Å². The highest BCUT2D eigenvalue weighted by Gasteiger charge is 2.30. The molecular formula is C17H14F3N3O3. The molecule has 1 N–H and O–H groups in total. The molecular weight excluding hydrogens is 351 g/mol. The van der Waals surface area contributed by atoms with Crippen molar-refractivity contribution in [2.45, 2.75) is 19.6 Å². The fourth-order valence-electron chi connectivity index (χ4n) is 2.56. The maximum atomic E-state index is 12.9. The fraction of sp³-hybridized carbons (Fsp3) is 0.235. The molecule has 0 amide bonds. The molecule has 3 rings (SSSR count). The van der Waals surface area contributed by atoms with Gasteiger partial charge in [-0.15, -0.1) is 0 Å². The van der Waals surface area contributed by atoms with Crippen LogP contribution >= 0.6 is 0 Å². The lowest BCUT2D eigenvalue weighted by atomic mass is 10.0. The molecule has 0 fully saturated rings. The van der Waals surface area contributed by atoms with Gasteiger partial charge in [0.05, 0.1) is 17.7 Å². The van der Waals surface area contributed by atoms with Crippen LogP contribution in [0.15, 0.2) is 41.3 Å². The van der Waals surface area contributed by atoms with Crippen molar-refractivity contribution in [2.75, 3.05) is 6.61 Å². The van der Waals surface area contributed by atoms with Crippen LogP contribution in [0.2, 0.25) is 0 Å². The van der Waals surface area contributed by atoms with E-state index in [-0.39, 0.29) is 18.8 Å². The molecule has 0 unspecified atom stereocenters.